The number of hydrogen-bond donors (Lipinski definition) is 4. The molecule has 16 heavy (non-hydrogen) atoms. The molecule has 0 radical (unpaired) electrons. The largest absolute Gasteiger partial charge is 0.481 e. The van der Waals surface area contributed by atoms with Crippen molar-refractivity contribution >= 4 is 17.9 Å². The van der Waals surface area contributed by atoms with Gasteiger partial charge in [-0.25, -0.2) is 4.79 Å². The molecule has 0 heterocycles. The fraction of sp³-hybridized carbons (Fsp3) is 0.667. The van der Waals surface area contributed by atoms with Gasteiger partial charge in [0.1, 0.15) is 0 Å². The summed E-state index contributed by atoms with van der Waals surface area (Å²) in [5, 5.41) is 15.9. The van der Waals surface area contributed by atoms with Crippen LogP contribution in [-0.4, -0.2) is 42.1 Å². The summed E-state index contributed by atoms with van der Waals surface area (Å²) >= 11 is 0. The number of nitrogens with one attached hydrogen (secondary N) is 3. The van der Waals surface area contributed by atoms with Crippen molar-refractivity contribution in [2.24, 2.45) is 0 Å². The van der Waals surface area contributed by atoms with E-state index in [-0.39, 0.29) is 12.3 Å². The average Bonchev–Trinajstić information content (AvgIpc) is 2.10. The van der Waals surface area contributed by atoms with Gasteiger partial charge in [0.05, 0.1) is 6.42 Å². The minimum atomic E-state index is -0.967. The van der Waals surface area contributed by atoms with Crippen molar-refractivity contribution in [1.29, 1.82) is 0 Å². The van der Waals surface area contributed by atoms with Gasteiger partial charge in [0.2, 0.25) is 5.91 Å². The minimum absolute atomic E-state index is 0.126. The fourth-order valence-corrected chi connectivity index (χ4v) is 1.00. The van der Waals surface area contributed by atoms with Gasteiger partial charge < -0.3 is 21.1 Å². The van der Waals surface area contributed by atoms with Gasteiger partial charge in [0.15, 0.2) is 0 Å². The quantitative estimate of drug-likeness (QED) is 0.453. The van der Waals surface area contributed by atoms with Crippen molar-refractivity contribution in [3.8, 4) is 0 Å². The molecule has 0 aliphatic carbocycles. The molecule has 0 fully saturated rings. The molecule has 0 saturated carbocycles. The Morgan fingerprint density at radius 3 is 2.25 bits per heavy atom. The molecule has 1 unspecified atom stereocenters. The van der Waals surface area contributed by atoms with Gasteiger partial charge in [0.25, 0.3) is 0 Å². The number of carboxylic acid groups (broad SMARTS) is 1. The zero-order chi connectivity index (χ0) is 12.6. The van der Waals surface area contributed by atoms with E-state index in [4.69, 9.17) is 5.11 Å². The minimum Gasteiger partial charge on any atom is -0.481 e. The van der Waals surface area contributed by atoms with Crippen molar-refractivity contribution in [1.82, 2.24) is 16.0 Å². The Labute approximate surface area is 93.6 Å². The van der Waals surface area contributed by atoms with E-state index < -0.39 is 18.0 Å². The van der Waals surface area contributed by atoms with Crippen LogP contribution in [0.4, 0.5) is 4.79 Å². The number of hydrogen-bond acceptors (Lipinski definition) is 3. The molecular weight excluding hydrogens is 214 g/mol. The van der Waals surface area contributed by atoms with Gasteiger partial charge in [-0.05, 0) is 6.92 Å². The number of aliphatic carboxylic acids is 1. The van der Waals surface area contributed by atoms with Crippen LogP contribution in [0.2, 0.25) is 0 Å². The summed E-state index contributed by atoms with van der Waals surface area (Å²) in [7, 11) is 0. The Hall–Kier alpha value is -1.79. The van der Waals surface area contributed by atoms with E-state index in [2.05, 4.69) is 16.0 Å². The second-order valence-electron chi connectivity index (χ2n) is 3.38. The topological polar surface area (TPSA) is 108 Å². The Morgan fingerprint density at radius 1 is 1.19 bits per heavy atom. The molecule has 92 valence electrons. The third-order valence-electron chi connectivity index (χ3n) is 1.64. The molecule has 0 aromatic heterocycles. The van der Waals surface area contributed by atoms with Crippen LogP contribution in [0.3, 0.4) is 0 Å². The van der Waals surface area contributed by atoms with Crippen molar-refractivity contribution in [2.45, 2.75) is 26.3 Å². The van der Waals surface area contributed by atoms with Gasteiger partial charge in [-0.1, -0.05) is 0 Å². The Balaban J connectivity index is 3.58. The first-order valence-corrected chi connectivity index (χ1v) is 4.92. The highest BCUT2D eigenvalue weighted by atomic mass is 16.4. The molecule has 0 bridgehead atoms. The summed E-state index contributed by atoms with van der Waals surface area (Å²) in [4.78, 5) is 31.9. The summed E-state index contributed by atoms with van der Waals surface area (Å²) in [6.45, 7) is 3.62. The molecule has 4 N–H and O–H groups in total. The maximum Gasteiger partial charge on any atom is 0.315 e. The number of amides is 3. The Kier molecular flexibility index (Phi) is 6.66. The highest BCUT2D eigenvalue weighted by Crippen LogP contribution is 1.89. The SMILES string of the molecule is CC(=O)NCCNC(=O)NC(C)CC(=O)O. The first kappa shape index (κ1) is 14.2. The lowest BCUT2D eigenvalue weighted by molar-refractivity contribution is -0.137. The summed E-state index contributed by atoms with van der Waals surface area (Å²) in [5.74, 6) is -1.13. The van der Waals surface area contributed by atoms with E-state index in [9.17, 15) is 14.4 Å². The number of urea groups is 1. The van der Waals surface area contributed by atoms with E-state index in [1.807, 2.05) is 0 Å². The molecular formula is C9H17N3O4. The molecule has 0 aromatic rings. The molecule has 7 heteroatoms. The smallest absolute Gasteiger partial charge is 0.315 e. The van der Waals surface area contributed by atoms with Gasteiger partial charge in [-0.15, -0.1) is 0 Å². The Bertz CT molecular complexity index is 267. The molecule has 3 amide bonds. The number of carbonyl (C=O) groups excluding carboxylic acids is 2. The van der Waals surface area contributed by atoms with Crippen LogP contribution in [-0.2, 0) is 9.59 Å². The summed E-state index contributed by atoms with van der Waals surface area (Å²) in [5.41, 5.74) is 0. The van der Waals surface area contributed by atoms with E-state index in [1.54, 1.807) is 6.92 Å². The molecule has 0 rings (SSSR count). The van der Waals surface area contributed by atoms with Crippen molar-refractivity contribution in [2.75, 3.05) is 13.1 Å². The number of carboxylic acids is 1. The van der Waals surface area contributed by atoms with Crippen molar-refractivity contribution in [3.05, 3.63) is 0 Å². The number of rotatable bonds is 6. The second kappa shape index (κ2) is 7.49. The fourth-order valence-electron chi connectivity index (χ4n) is 1.00. The summed E-state index contributed by atoms with van der Waals surface area (Å²) < 4.78 is 0. The standard InChI is InChI=1S/C9H17N3O4/c1-6(5-8(14)15)12-9(16)11-4-3-10-7(2)13/h6H,3-5H2,1-2H3,(H,10,13)(H,14,15)(H2,11,12,16). The molecule has 1 atom stereocenters. The van der Waals surface area contributed by atoms with Crippen LogP contribution in [0.5, 0.6) is 0 Å². The molecule has 0 aliphatic heterocycles. The lowest BCUT2D eigenvalue weighted by atomic mass is 10.2. The van der Waals surface area contributed by atoms with Crippen LogP contribution in [0.15, 0.2) is 0 Å². The maximum atomic E-state index is 11.2. The maximum absolute atomic E-state index is 11.2. The first-order valence-electron chi connectivity index (χ1n) is 4.92. The van der Waals surface area contributed by atoms with Gasteiger partial charge >= 0.3 is 12.0 Å². The van der Waals surface area contributed by atoms with Crippen LogP contribution < -0.4 is 16.0 Å². The molecule has 0 aromatic carbocycles. The zero-order valence-electron chi connectivity index (χ0n) is 9.37. The molecule has 0 aliphatic rings. The van der Waals surface area contributed by atoms with Gasteiger partial charge in [-0.3, -0.25) is 9.59 Å². The predicted molar refractivity (Wildman–Crippen MR) is 56.9 cm³/mol. The third-order valence-corrected chi connectivity index (χ3v) is 1.64. The third kappa shape index (κ3) is 8.79. The predicted octanol–water partition coefficient (Wildman–Crippen LogP) is -0.715. The zero-order valence-corrected chi connectivity index (χ0v) is 9.37. The second-order valence-corrected chi connectivity index (χ2v) is 3.38. The highest BCUT2D eigenvalue weighted by Gasteiger charge is 2.09. The summed E-state index contributed by atoms with van der Waals surface area (Å²) in [6, 6.07) is -0.877. The lowest BCUT2D eigenvalue weighted by Crippen LogP contribution is -2.44. The molecule has 0 spiro atoms. The first-order chi connectivity index (χ1) is 7.41. The van der Waals surface area contributed by atoms with E-state index in [0.717, 1.165) is 0 Å². The van der Waals surface area contributed by atoms with E-state index >= 15 is 0 Å². The van der Waals surface area contributed by atoms with E-state index in [1.165, 1.54) is 6.92 Å². The number of carbonyl (C=O) groups is 3. The average molecular weight is 231 g/mol. The monoisotopic (exact) mass is 231 g/mol. The lowest BCUT2D eigenvalue weighted by Gasteiger charge is -2.12. The summed E-state index contributed by atoms with van der Waals surface area (Å²) in [6.07, 6.45) is -0.126. The van der Waals surface area contributed by atoms with Crippen LogP contribution in [0, 0.1) is 0 Å². The van der Waals surface area contributed by atoms with Gasteiger partial charge in [0, 0.05) is 26.1 Å². The van der Waals surface area contributed by atoms with Crippen LogP contribution in [0.25, 0.3) is 0 Å². The molecule has 0 saturated heterocycles. The van der Waals surface area contributed by atoms with Crippen LogP contribution >= 0.6 is 0 Å². The highest BCUT2D eigenvalue weighted by molar-refractivity contribution is 5.76. The Morgan fingerprint density at radius 2 is 1.75 bits per heavy atom. The van der Waals surface area contributed by atoms with E-state index in [0.29, 0.717) is 13.1 Å². The van der Waals surface area contributed by atoms with Crippen LogP contribution in [0.1, 0.15) is 20.3 Å². The van der Waals surface area contributed by atoms with Crippen molar-refractivity contribution in [3.63, 3.8) is 0 Å². The molecule has 7 nitrogen and oxygen atoms in total. The normalized spacial score (nSPS) is 11.4. The van der Waals surface area contributed by atoms with Gasteiger partial charge in [-0.2, -0.15) is 0 Å². The van der Waals surface area contributed by atoms with Crippen molar-refractivity contribution < 1.29 is 19.5 Å².